The van der Waals surface area contributed by atoms with E-state index in [-0.39, 0.29) is 6.54 Å². The molecule has 0 fully saturated rings. The van der Waals surface area contributed by atoms with Gasteiger partial charge in [0.1, 0.15) is 6.54 Å². The average Bonchev–Trinajstić information content (AvgIpc) is 2.57. The third-order valence-electron chi connectivity index (χ3n) is 4.54. The molecular formula is C18H33F3N2O4. The van der Waals surface area contributed by atoms with Crippen LogP contribution >= 0.6 is 0 Å². The lowest BCUT2D eigenvalue weighted by Gasteiger charge is -2.25. The normalized spacial score (nSPS) is 12.6. The second-order valence-corrected chi connectivity index (χ2v) is 6.88. The number of carbonyl (C=O) groups is 2. The van der Waals surface area contributed by atoms with E-state index in [1.165, 1.54) is 4.90 Å². The molecule has 0 aromatic carbocycles. The first-order chi connectivity index (χ1) is 12.6. The molecule has 0 aliphatic carbocycles. The van der Waals surface area contributed by atoms with Gasteiger partial charge in [-0.25, -0.2) is 9.59 Å². The third kappa shape index (κ3) is 13.2. The predicted molar refractivity (Wildman–Crippen MR) is 97.0 cm³/mol. The highest BCUT2D eigenvalue weighted by molar-refractivity contribution is 5.65. The van der Waals surface area contributed by atoms with Crippen molar-refractivity contribution in [1.29, 1.82) is 0 Å². The van der Waals surface area contributed by atoms with Crippen LogP contribution in [0.25, 0.3) is 0 Å². The topological polar surface area (TPSA) is 81.1 Å². The lowest BCUT2D eigenvalue weighted by Crippen LogP contribution is -2.38. The number of rotatable bonds is 14. The Morgan fingerprint density at radius 2 is 1.41 bits per heavy atom. The van der Waals surface area contributed by atoms with Crippen molar-refractivity contribution in [3.8, 4) is 0 Å². The fraction of sp³-hybridized carbons (Fsp3) is 0.889. The summed E-state index contributed by atoms with van der Waals surface area (Å²) >= 11 is 0. The zero-order valence-corrected chi connectivity index (χ0v) is 16.3. The van der Waals surface area contributed by atoms with Crippen molar-refractivity contribution < 1.29 is 33.0 Å². The van der Waals surface area contributed by atoms with Crippen LogP contribution in [0.3, 0.4) is 0 Å². The van der Waals surface area contributed by atoms with Gasteiger partial charge in [0.15, 0.2) is 0 Å². The summed E-state index contributed by atoms with van der Waals surface area (Å²) in [5.74, 6) is 0.340. The Balaban J connectivity index is 4.16. The summed E-state index contributed by atoms with van der Waals surface area (Å²) < 4.78 is 36.9. The number of hydrogen-bond donors (Lipinski definition) is 2. The van der Waals surface area contributed by atoms with Crippen molar-refractivity contribution in [2.75, 3.05) is 26.2 Å². The van der Waals surface area contributed by atoms with Crippen LogP contribution in [0.4, 0.5) is 22.8 Å². The molecule has 1 atom stereocenters. The lowest BCUT2D eigenvalue weighted by atomic mass is 9.98. The molecule has 9 heteroatoms. The quantitative estimate of drug-likeness (QED) is 0.390. The summed E-state index contributed by atoms with van der Waals surface area (Å²) in [4.78, 5) is 24.0. The number of amides is 2. The molecular weight excluding hydrogens is 365 g/mol. The van der Waals surface area contributed by atoms with Gasteiger partial charge in [-0.15, -0.1) is 0 Å². The molecule has 0 aromatic heterocycles. The van der Waals surface area contributed by atoms with Crippen molar-refractivity contribution >= 4 is 12.2 Å². The summed E-state index contributed by atoms with van der Waals surface area (Å²) in [6.45, 7) is 3.41. The van der Waals surface area contributed by atoms with Crippen LogP contribution in [0.5, 0.6) is 0 Å². The first-order valence-corrected chi connectivity index (χ1v) is 9.63. The van der Waals surface area contributed by atoms with Gasteiger partial charge in [-0.1, -0.05) is 46.0 Å². The Bertz CT molecular complexity index is 433. The van der Waals surface area contributed by atoms with Crippen LogP contribution < -0.4 is 0 Å². The van der Waals surface area contributed by atoms with Crippen LogP contribution in [0.1, 0.15) is 65.2 Å². The maximum Gasteiger partial charge on any atom is 0.407 e. The SMILES string of the molecule is CCCCC(CC)CN(CCCCCCN(CC(F)(F)F)C(=O)O)C(=O)O. The highest BCUT2D eigenvalue weighted by atomic mass is 19.4. The summed E-state index contributed by atoms with van der Waals surface area (Å²) in [6.07, 6.45) is -0.865. The molecule has 0 aliphatic heterocycles. The van der Waals surface area contributed by atoms with E-state index in [0.29, 0.717) is 49.6 Å². The molecule has 0 radical (unpaired) electrons. The fourth-order valence-electron chi connectivity index (χ4n) is 2.91. The summed E-state index contributed by atoms with van der Waals surface area (Å²) in [5.41, 5.74) is 0. The van der Waals surface area contributed by atoms with Crippen LogP contribution in [-0.2, 0) is 0 Å². The van der Waals surface area contributed by atoms with E-state index in [9.17, 15) is 27.9 Å². The molecule has 2 N–H and O–H groups in total. The van der Waals surface area contributed by atoms with Gasteiger partial charge >= 0.3 is 18.4 Å². The first kappa shape index (κ1) is 25.3. The minimum Gasteiger partial charge on any atom is -0.465 e. The van der Waals surface area contributed by atoms with Gasteiger partial charge in [0.05, 0.1) is 0 Å². The maximum atomic E-state index is 12.3. The molecule has 0 saturated heterocycles. The van der Waals surface area contributed by atoms with E-state index in [1.54, 1.807) is 0 Å². The number of unbranched alkanes of at least 4 members (excludes halogenated alkanes) is 4. The van der Waals surface area contributed by atoms with E-state index in [4.69, 9.17) is 5.11 Å². The lowest BCUT2D eigenvalue weighted by molar-refractivity contribution is -0.142. The molecule has 0 saturated carbocycles. The molecule has 1 unspecified atom stereocenters. The number of alkyl halides is 3. The Morgan fingerprint density at radius 1 is 0.889 bits per heavy atom. The minimum absolute atomic E-state index is 0.174. The van der Waals surface area contributed by atoms with Crippen molar-refractivity contribution in [2.45, 2.75) is 71.4 Å². The van der Waals surface area contributed by atoms with Gasteiger partial charge in [-0.05, 0) is 25.2 Å². The molecule has 0 bridgehead atoms. The molecule has 0 aromatic rings. The van der Waals surface area contributed by atoms with E-state index in [2.05, 4.69) is 13.8 Å². The number of halogens is 3. The molecule has 2 amide bonds. The largest absolute Gasteiger partial charge is 0.465 e. The van der Waals surface area contributed by atoms with Crippen molar-refractivity contribution in [2.24, 2.45) is 5.92 Å². The molecule has 160 valence electrons. The average molecular weight is 398 g/mol. The highest BCUT2D eigenvalue weighted by Crippen LogP contribution is 2.18. The standard InChI is InChI=1S/C18H33F3N2O4/c1-3-5-10-15(4-2)13-22(16(24)25)11-8-6-7-9-12-23(17(26)27)14-18(19,20)21/h15H,3-14H2,1-2H3,(H,24,25)(H,26,27). The minimum atomic E-state index is -4.55. The van der Waals surface area contributed by atoms with Gasteiger partial charge in [-0.2, -0.15) is 13.2 Å². The molecule has 6 nitrogen and oxygen atoms in total. The second kappa shape index (κ2) is 13.5. The van der Waals surface area contributed by atoms with Gasteiger partial charge in [0, 0.05) is 19.6 Å². The van der Waals surface area contributed by atoms with Crippen molar-refractivity contribution in [1.82, 2.24) is 9.80 Å². The smallest absolute Gasteiger partial charge is 0.407 e. The molecule has 0 heterocycles. The number of nitrogens with zero attached hydrogens (tertiary/aromatic N) is 2. The Labute approximate surface area is 159 Å². The highest BCUT2D eigenvalue weighted by Gasteiger charge is 2.32. The third-order valence-corrected chi connectivity index (χ3v) is 4.54. The van der Waals surface area contributed by atoms with Crippen molar-refractivity contribution in [3.05, 3.63) is 0 Å². The van der Waals surface area contributed by atoms with E-state index in [1.807, 2.05) is 0 Å². The van der Waals surface area contributed by atoms with Crippen LogP contribution in [0.2, 0.25) is 0 Å². The van der Waals surface area contributed by atoms with Crippen LogP contribution in [-0.4, -0.2) is 64.6 Å². The van der Waals surface area contributed by atoms with Crippen LogP contribution in [0, 0.1) is 5.92 Å². The van der Waals surface area contributed by atoms with E-state index >= 15 is 0 Å². The van der Waals surface area contributed by atoms with Gasteiger partial charge in [-0.3, -0.25) is 4.90 Å². The Kier molecular flexibility index (Phi) is 12.7. The molecule has 0 spiro atoms. The Morgan fingerprint density at radius 3 is 1.81 bits per heavy atom. The molecule has 0 aliphatic rings. The monoisotopic (exact) mass is 398 g/mol. The zero-order valence-electron chi connectivity index (χ0n) is 16.3. The summed E-state index contributed by atoms with van der Waals surface area (Å²) in [7, 11) is 0. The van der Waals surface area contributed by atoms with Crippen molar-refractivity contribution in [3.63, 3.8) is 0 Å². The second-order valence-electron chi connectivity index (χ2n) is 6.88. The number of carboxylic acid groups (broad SMARTS) is 2. The van der Waals surface area contributed by atoms with E-state index in [0.717, 1.165) is 25.7 Å². The molecule has 0 rings (SSSR count). The maximum absolute atomic E-state index is 12.3. The van der Waals surface area contributed by atoms with Gasteiger partial charge in [0.2, 0.25) is 0 Å². The zero-order chi connectivity index (χ0) is 20.9. The predicted octanol–water partition coefficient (Wildman–Crippen LogP) is 5.29. The molecule has 27 heavy (non-hydrogen) atoms. The fourth-order valence-corrected chi connectivity index (χ4v) is 2.91. The summed E-state index contributed by atoms with van der Waals surface area (Å²) in [5, 5.41) is 18.1. The summed E-state index contributed by atoms with van der Waals surface area (Å²) in [6, 6.07) is 0. The van der Waals surface area contributed by atoms with E-state index < -0.39 is 24.9 Å². The number of hydrogen-bond acceptors (Lipinski definition) is 2. The van der Waals surface area contributed by atoms with Gasteiger partial charge < -0.3 is 15.1 Å². The van der Waals surface area contributed by atoms with Crippen LogP contribution in [0.15, 0.2) is 0 Å². The van der Waals surface area contributed by atoms with Gasteiger partial charge in [0.25, 0.3) is 0 Å². The first-order valence-electron chi connectivity index (χ1n) is 9.63. The Hall–Kier alpha value is -1.67.